The van der Waals surface area contributed by atoms with E-state index in [-0.39, 0.29) is 16.7 Å². The van der Waals surface area contributed by atoms with Crippen LogP contribution in [0.5, 0.6) is 0 Å². The summed E-state index contributed by atoms with van der Waals surface area (Å²) in [6, 6.07) is 3.36. The van der Waals surface area contributed by atoms with E-state index >= 15 is 0 Å². The molecule has 1 aromatic heterocycles. The van der Waals surface area contributed by atoms with E-state index in [1.165, 1.54) is 6.07 Å². The SMILES string of the molecule is CCNc1nc(C(F)(F)F)nc2ccc(F)cc12. The fraction of sp³-hybridized carbons (Fsp3) is 0.273. The fourth-order valence-electron chi connectivity index (χ4n) is 1.53. The Morgan fingerprint density at radius 3 is 2.56 bits per heavy atom. The first-order chi connectivity index (χ1) is 8.41. The topological polar surface area (TPSA) is 37.8 Å². The number of anilines is 1. The average molecular weight is 259 g/mol. The van der Waals surface area contributed by atoms with E-state index in [0.29, 0.717) is 6.54 Å². The molecule has 0 aliphatic rings. The Morgan fingerprint density at radius 2 is 1.94 bits per heavy atom. The van der Waals surface area contributed by atoms with Crippen molar-refractivity contribution in [3.63, 3.8) is 0 Å². The average Bonchev–Trinajstić information content (AvgIpc) is 2.28. The minimum atomic E-state index is -4.63. The van der Waals surface area contributed by atoms with Gasteiger partial charge in [-0.25, -0.2) is 14.4 Å². The van der Waals surface area contributed by atoms with Crippen LogP contribution in [-0.4, -0.2) is 16.5 Å². The lowest BCUT2D eigenvalue weighted by Crippen LogP contribution is -2.13. The summed E-state index contributed by atoms with van der Waals surface area (Å²) in [7, 11) is 0. The number of aromatic nitrogens is 2. The van der Waals surface area contributed by atoms with Gasteiger partial charge in [-0.1, -0.05) is 0 Å². The largest absolute Gasteiger partial charge is 0.451 e. The molecule has 0 bridgehead atoms. The van der Waals surface area contributed by atoms with Gasteiger partial charge in [0.25, 0.3) is 0 Å². The number of nitrogens with zero attached hydrogens (tertiary/aromatic N) is 2. The van der Waals surface area contributed by atoms with Crippen molar-refractivity contribution in [2.45, 2.75) is 13.1 Å². The van der Waals surface area contributed by atoms with Gasteiger partial charge < -0.3 is 5.32 Å². The maximum Gasteiger partial charge on any atom is 0.451 e. The van der Waals surface area contributed by atoms with Gasteiger partial charge in [-0.3, -0.25) is 0 Å². The molecule has 1 heterocycles. The van der Waals surface area contributed by atoms with Crippen molar-refractivity contribution in [3.05, 3.63) is 29.8 Å². The molecule has 7 heteroatoms. The Kier molecular flexibility index (Phi) is 3.06. The van der Waals surface area contributed by atoms with E-state index in [4.69, 9.17) is 0 Å². The zero-order valence-electron chi connectivity index (χ0n) is 9.35. The second-order valence-electron chi connectivity index (χ2n) is 3.59. The van der Waals surface area contributed by atoms with Crippen molar-refractivity contribution in [2.24, 2.45) is 0 Å². The minimum absolute atomic E-state index is 0.0191. The first kappa shape index (κ1) is 12.5. The van der Waals surface area contributed by atoms with Crippen molar-refractivity contribution in [1.29, 1.82) is 0 Å². The molecule has 0 aliphatic carbocycles. The first-order valence-electron chi connectivity index (χ1n) is 5.20. The number of nitrogens with one attached hydrogen (secondary N) is 1. The molecule has 96 valence electrons. The summed E-state index contributed by atoms with van der Waals surface area (Å²) in [5.74, 6) is -1.81. The quantitative estimate of drug-likeness (QED) is 0.841. The van der Waals surface area contributed by atoms with Gasteiger partial charge in [0.2, 0.25) is 5.82 Å². The number of hydrogen-bond donors (Lipinski definition) is 1. The molecular weight excluding hydrogens is 250 g/mol. The third kappa shape index (κ3) is 2.34. The number of benzene rings is 1. The third-order valence-corrected chi connectivity index (χ3v) is 2.26. The highest BCUT2D eigenvalue weighted by Gasteiger charge is 2.35. The summed E-state index contributed by atoms with van der Waals surface area (Å²) in [5.41, 5.74) is 0.0506. The molecule has 0 spiro atoms. The molecule has 0 saturated heterocycles. The molecular formula is C11H9F4N3. The maximum atomic E-state index is 13.1. The van der Waals surface area contributed by atoms with Gasteiger partial charge in [0, 0.05) is 11.9 Å². The third-order valence-electron chi connectivity index (χ3n) is 2.26. The lowest BCUT2D eigenvalue weighted by atomic mass is 10.2. The van der Waals surface area contributed by atoms with Gasteiger partial charge in [-0.2, -0.15) is 13.2 Å². The molecule has 1 aromatic carbocycles. The fourth-order valence-corrected chi connectivity index (χ4v) is 1.53. The maximum absolute atomic E-state index is 13.1. The standard InChI is InChI=1S/C11H9F4N3/c1-2-16-9-7-5-6(12)3-4-8(7)17-10(18-9)11(13,14)15/h3-5H,2H2,1H3,(H,16,17,18). The van der Waals surface area contributed by atoms with E-state index in [1.54, 1.807) is 6.92 Å². The zero-order valence-corrected chi connectivity index (χ0v) is 9.35. The van der Waals surface area contributed by atoms with Crippen LogP contribution in [0.15, 0.2) is 18.2 Å². The molecule has 0 fully saturated rings. The van der Waals surface area contributed by atoms with Crippen molar-refractivity contribution in [1.82, 2.24) is 9.97 Å². The van der Waals surface area contributed by atoms with Crippen LogP contribution in [0.1, 0.15) is 12.7 Å². The lowest BCUT2D eigenvalue weighted by molar-refractivity contribution is -0.144. The number of alkyl halides is 3. The van der Waals surface area contributed by atoms with Crippen molar-refractivity contribution >= 4 is 16.7 Å². The van der Waals surface area contributed by atoms with Crippen molar-refractivity contribution < 1.29 is 17.6 Å². The number of halogens is 4. The monoisotopic (exact) mass is 259 g/mol. The molecule has 0 unspecified atom stereocenters. The Balaban J connectivity index is 2.70. The summed E-state index contributed by atoms with van der Waals surface area (Å²) in [5, 5.41) is 2.90. The van der Waals surface area contributed by atoms with E-state index in [1.807, 2.05) is 0 Å². The normalized spacial score (nSPS) is 11.8. The molecule has 2 aromatic rings. The van der Waals surface area contributed by atoms with Gasteiger partial charge >= 0.3 is 6.18 Å². The van der Waals surface area contributed by atoms with Crippen molar-refractivity contribution in [2.75, 3.05) is 11.9 Å². The molecule has 0 radical (unpaired) electrons. The molecule has 0 aliphatic heterocycles. The van der Waals surface area contributed by atoms with E-state index in [9.17, 15) is 17.6 Å². The highest BCUT2D eigenvalue weighted by Crippen LogP contribution is 2.30. The van der Waals surface area contributed by atoms with E-state index in [2.05, 4.69) is 15.3 Å². The van der Waals surface area contributed by atoms with Gasteiger partial charge in [0.1, 0.15) is 11.6 Å². The van der Waals surface area contributed by atoms with Gasteiger partial charge in [-0.15, -0.1) is 0 Å². The van der Waals surface area contributed by atoms with Crippen LogP contribution in [-0.2, 0) is 6.18 Å². The summed E-state index contributed by atoms with van der Waals surface area (Å²) in [6.45, 7) is 2.08. The van der Waals surface area contributed by atoms with Gasteiger partial charge in [-0.05, 0) is 25.1 Å². The number of rotatable bonds is 2. The minimum Gasteiger partial charge on any atom is -0.370 e. The van der Waals surface area contributed by atoms with Crippen LogP contribution in [0.2, 0.25) is 0 Å². The predicted molar refractivity (Wildman–Crippen MR) is 58.7 cm³/mol. The Labute approximate surface area is 99.9 Å². The smallest absolute Gasteiger partial charge is 0.370 e. The lowest BCUT2D eigenvalue weighted by Gasteiger charge is -2.11. The van der Waals surface area contributed by atoms with E-state index in [0.717, 1.165) is 12.1 Å². The van der Waals surface area contributed by atoms with Crippen LogP contribution in [0.4, 0.5) is 23.4 Å². The summed E-state index contributed by atoms with van der Waals surface area (Å²) >= 11 is 0. The van der Waals surface area contributed by atoms with Gasteiger partial charge in [0.15, 0.2) is 0 Å². The van der Waals surface area contributed by atoms with E-state index < -0.39 is 17.8 Å². The highest BCUT2D eigenvalue weighted by atomic mass is 19.4. The first-order valence-corrected chi connectivity index (χ1v) is 5.20. The molecule has 0 saturated carbocycles. The molecule has 3 nitrogen and oxygen atoms in total. The van der Waals surface area contributed by atoms with Crippen LogP contribution in [0.3, 0.4) is 0 Å². The number of hydrogen-bond acceptors (Lipinski definition) is 3. The summed E-state index contributed by atoms with van der Waals surface area (Å²) in [6.07, 6.45) is -4.63. The Bertz CT molecular complexity index is 580. The van der Waals surface area contributed by atoms with Crippen LogP contribution < -0.4 is 5.32 Å². The second kappa shape index (κ2) is 4.40. The Hall–Kier alpha value is -1.92. The Morgan fingerprint density at radius 1 is 1.22 bits per heavy atom. The van der Waals surface area contributed by atoms with Crippen LogP contribution in [0.25, 0.3) is 10.9 Å². The number of fused-ring (bicyclic) bond motifs is 1. The molecule has 0 atom stereocenters. The molecule has 2 rings (SSSR count). The molecule has 0 amide bonds. The van der Waals surface area contributed by atoms with Crippen LogP contribution in [0, 0.1) is 5.82 Å². The second-order valence-corrected chi connectivity index (χ2v) is 3.59. The highest BCUT2D eigenvalue weighted by molar-refractivity contribution is 5.89. The van der Waals surface area contributed by atoms with Crippen molar-refractivity contribution in [3.8, 4) is 0 Å². The summed E-state index contributed by atoms with van der Waals surface area (Å²) < 4.78 is 50.9. The molecule has 1 N–H and O–H groups in total. The van der Waals surface area contributed by atoms with Crippen LogP contribution >= 0.6 is 0 Å². The predicted octanol–water partition coefficient (Wildman–Crippen LogP) is 3.22. The summed E-state index contributed by atoms with van der Waals surface area (Å²) in [4.78, 5) is 6.78. The molecule has 18 heavy (non-hydrogen) atoms. The van der Waals surface area contributed by atoms with Gasteiger partial charge in [0.05, 0.1) is 5.52 Å². The zero-order chi connectivity index (χ0) is 13.3.